The number of benzene rings is 1. The molecule has 1 fully saturated rings. The van der Waals surface area contributed by atoms with Crippen LogP contribution in [0.4, 0.5) is 0 Å². The monoisotopic (exact) mass is 401 g/mol. The van der Waals surface area contributed by atoms with Gasteiger partial charge in [0.2, 0.25) is 5.91 Å². The fourth-order valence-corrected chi connectivity index (χ4v) is 3.96. The standard InChI is InChI=1S/C21H27N3O3S/c1-15-4-3-5-19(12-15)27-13-20(25)24-10-7-17(8-11-24)21(26)22-9-6-18-14-28-16(2)23-18/h3-5,12,14,17H,6-11,13H2,1-2H3,(H,22,26). The Morgan fingerprint density at radius 1 is 1.29 bits per heavy atom. The Morgan fingerprint density at radius 2 is 2.07 bits per heavy atom. The van der Waals surface area contributed by atoms with Crippen molar-refractivity contribution < 1.29 is 14.3 Å². The molecule has 1 saturated heterocycles. The van der Waals surface area contributed by atoms with Gasteiger partial charge in [0.15, 0.2) is 6.61 Å². The zero-order valence-electron chi connectivity index (χ0n) is 16.4. The summed E-state index contributed by atoms with van der Waals surface area (Å²) >= 11 is 1.63. The maximum absolute atomic E-state index is 12.4. The van der Waals surface area contributed by atoms with Crippen LogP contribution in [0, 0.1) is 19.8 Å². The normalized spacial score (nSPS) is 14.7. The molecule has 3 rings (SSSR count). The van der Waals surface area contributed by atoms with Crippen LogP contribution >= 0.6 is 11.3 Å². The highest BCUT2D eigenvalue weighted by atomic mass is 32.1. The summed E-state index contributed by atoms with van der Waals surface area (Å²) in [5.41, 5.74) is 2.12. The molecule has 1 N–H and O–H groups in total. The van der Waals surface area contributed by atoms with Gasteiger partial charge < -0.3 is 15.0 Å². The van der Waals surface area contributed by atoms with E-state index in [0.717, 1.165) is 22.7 Å². The van der Waals surface area contributed by atoms with E-state index in [1.54, 1.807) is 16.2 Å². The van der Waals surface area contributed by atoms with Crippen LogP contribution in [0.5, 0.6) is 5.75 Å². The van der Waals surface area contributed by atoms with Crippen molar-refractivity contribution in [3.63, 3.8) is 0 Å². The van der Waals surface area contributed by atoms with E-state index in [2.05, 4.69) is 10.3 Å². The third-order valence-corrected chi connectivity index (χ3v) is 5.74. The van der Waals surface area contributed by atoms with Crippen molar-refractivity contribution in [2.75, 3.05) is 26.2 Å². The summed E-state index contributed by atoms with van der Waals surface area (Å²) in [4.78, 5) is 30.9. The predicted molar refractivity (Wildman–Crippen MR) is 110 cm³/mol. The van der Waals surface area contributed by atoms with Crippen molar-refractivity contribution >= 4 is 23.2 Å². The molecule has 1 aliphatic rings. The van der Waals surface area contributed by atoms with Gasteiger partial charge in [-0.05, 0) is 44.4 Å². The van der Waals surface area contributed by atoms with Crippen LogP contribution in [-0.4, -0.2) is 47.9 Å². The number of amides is 2. The van der Waals surface area contributed by atoms with Gasteiger partial charge in [-0.1, -0.05) is 12.1 Å². The molecule has 28 heavy (non-hydrogen) atoms. The fraction of sp³-hybridized carbons (Fsp3) is 0.476. The number of nitrogens with zero attached hydrogens (tertiary/aromatic N) is 2. The number of hydrogen-bond donors (Lipinski definition) is 1. The van der Waals surface area contributed by atoms with E-state index in [0.29, 0.717) is 38.2 Å². The van der Waals surface area contributed by atoms with Crippen molar-refractivity contribution in [2.45, 2.75) is 33.1 Å². The van der Waals surface area contributed by atoms with Crippen LogP contribution in [0.15, 0.2) is 29.6 Å². The van der Waals surface area contributed by atoms with Crippen molar-refractivity contribution in [1.29, 1.82) is 0 Å². The number of piperidine rings is 1. The zero-order valence-corrected chi connectivity index (χ0v) is 17.3. The Morgan fingerprint density at radius 3 is 2.75 bits per heavy atom. The van der Waals surface area contributed by atoms with Gasteiger partial charge in [0.25, 0.3) is 5.91 Å². The first kappa shape index (κ1) is 20.3. The quantitative estimate of drug-likeness (QED) is 0.774. The second-order valence-corrected chi connectivity index (χ2v) is 8.22. The van der Waals surface area contributed by atoms with Gasteiger partial charge in [-0.2, -0.15) is 0 Å². The Hall–Kier alpha value is -2.41. The molecule has 2 amide bonds. The lowest BCUT2D eigenvalue weighted by molar-refractivity contribution is -0.137. The summed E-state index contributed by atoms with van der Waals surface area (Å²) in [7, 11) is 0. The Labute approximate surface area is 169 Å². The highest BCUT2D eigenvalue weighted by molar-refractivity contribution is 7.09. The molecule has 0 unspecified atom stereocenters. The van der Waals surface area contributed by atoms with E-state index in [9.17, 15) is 9.59 Å². The predicted octanol–water partition coefficient (Wildman–Crippen LogP) is 2.74. The number of aryl methyl sites for hydroxylation is 2. The second-order valence-electron chi connectivity index (χ2n) is 7.16. The number of likely N-dealkylation sites (tertiary alicyclic amines) is 1. The third-order valence-electron chi connectivity index (χ3n) is 4.92. The van der Waals surface area contributed by atoms with Crippen molar-refractivity contribution in [1.82, 2.24) is 15.2 Å². The summed E-state index contributed by atoms with van der Waals surface area (Å²) in [5, 5.41) is 6.08. The molecule has 0 bridgehead atoms. The van der Waals surface area contributed by atoms with Crippen LogP contribution in [-0.2, 0) is 16.0 Å². The average Bonchev–Trinajstić information content (AvgIpc) is 3.11. The molecule has 1 aliphatic heterocycles. The highest BCUT2D eigenvalue weighted by Gasteiger charge is 2.27. The Balaban J connectivity index is 1.36. The van der Waals surface area contributed by atoms with E-state index in [-0.39, 0.29) is 24.3 Å². The number of carbonyl (C=O) groups excluding carboxylic acids is 2. The van der Waals surface area contributed by atoms with Gasteiger partial charge in [-0.15, -0.1) is 11.3 Å². The topological polar surface area (TPSA) is 71.5 Å². The van der Waals surface area contributed by atoms with Crippen LogP contribution in [0.3, 0.4) is 0 Å². The third kappa shape index (κ3) is 5.79. The number of thiazole rings is 1. The second kappa shape index (κ2) is 9.68. The molecular formula is C21H27N3O3S. The average molecular weight is 402 g/mol. The largest absolute Gasteiger partial charge is 0.484 e. The lowest BCUT2D eigenvalue weighted by atomic mass is 9.96. The molecule has 6 nitrogen and oxygen atoms in total. The van der Waals surface area contributed by atoms with Gasteiger partial charge in [0, 0.05) is 37.4 Å². The maximum Gasteiger partial charge on any atom is 0.260 e. The van der Waals surface area contributed by atoms with Gasteiger partial charge in [0.05, 0.1) is 10.7 Å². The van der Waals surface area contributed by atoms with E-state index < -0.39 is 0 Å². The molecular weight excluding hydrogens is 374 g/mol. The molecule has 0 atom stereocenters. The molecule has 7 heteroatoms. The summed E-state index contributed by atoms with van der Waals surface area (Å²) in [6, 6.07) is 7.66. The minimum atomic E-state index is -0.0288. The first-order valence-electron chi connectivity index (χ1n) is 9.67. The van der Waals surface area contributed by atoms with Crippen molar-refractivity contribution in [2.24, 2.45) is 5.92 Å². The number of nitrogens with one attached hydrogen (secondary N) is 1. The molecule has 0 spiro atoms. The van der Waals surface area contributed by atoms with Crippen LogP contribution in [0.25, 0.3) is 0 Å². The molecule has 2 aromatic rings. The summed E-state index contributed by atoms with van der Waals surface area (Å²) in [6.07, 6.45) is 2.14. The molecule has 1 aromatic carbocycles. The van der Waals surface area contributed by atoms with Gasteiger partial charge in [0.1, 0.15) is 5.75 Å². The van der Waals surface area contributed by atoms with Crippen molar-refractivity contribution in [3.8, 4) is 5.75 Å². The van der Waals surface area contributed by atoms with Crippen LogP contribution in [0.2, 0.25) is 0 Å². The molecule has 0 radical (unpaired) electrons. The number of hydrogen-bond acceptors (Lipinski definition) is 5. The summed E-state index contributed by atoms with van der Waals surface area (Å²) < 4.78 is 5.60. The van der Waals surface area contributed by atoms with Crippen LogP contribution < -0.4 is 10.1 Å². The molecule has 0 aliphatic carbocycles. The number of aromatic nitrogens is 1. The lowest BCUT2D eigenvalue weighted by Crippen LogP contribution is -2.44. The van der Waals surface area contributed by atoms with Gasteiger partial charge >= 0.3 is 0 Å². The molecule has 1 aromatic heterocycles. The number of ether oxygens (including phenoxy) is 1. The van der Waals surface area contributed by atoms with E-state index >= 15 is 0 Å². The Kier molecular flexibility index (Phi) is 7.03. The minimum Gasteiger partial charge on any atom is -0.484 e. The first-order chi connectivity index (χ1) is 13.5. The first-order valence-corrected chi connectivity index (χ1v) is 10.5. The molecule has 0 saturated carbocycles. The smallest absolute Gasteiger partial charge is 0.260 e. The van der Waals surface area contributed by atoms with E-state index in [4.69, 9.17) is 4.74 Å². The Bertz CT molecular complexity index is 813. The SMILES string of the molecule is Cc1cccc(OCC(=O)N2CCC(C(=O)NCCc3csc(C)n3)CC2)c1. The maximum atomic E-state index is 12.4. The van der Waals surface area contributed by atoms with Gasteiger partial charge in [-0.25, -0.2) is 4.98 Å². The van der Waals surface area contributed by atoms with Gasteiger partial charge in [-0.3, -0.25) is 9.59 Å². The number of carbonyl (C=O) groups is 2. The number of rotatable bonds is 7. The van der Waals surface area contributed by atoms with Crippen LogP contribution in [0.1, 0.15) is 29.1 Å². The molecule has 150 valence electrons. The summed E-state index contributed by atoms with van der Waals surface area (Å²) in [5.74, 6) is 0.728. The lowest BCUT2D eigenvalue weighted by Gasteiger charge is -2.31. The summed E-state index contributed by atoms with van der Waals surface area (Å²) in [6.45, 7) is 5.80. The van der Waals surface area contributed by atoms with E-state index in [1.807, 2.05) is 43.5 Å². The molecule has 2 heterocycles. The minimum absolute atomic E-state index is 0.0285. The van der Waals surface area contributed by atoms with Crippen molar-refractivity contribution in [3.05, 3.63) is 45.9 Å². The van der Waals surface area contributed by atoms with E-state index in [1.165, 1.54) is 0 Å². The fourth-order valence-electron chi connectivity index (χ4n) is 3.31. The highest BCUT2D eigenvalue weighted by Crippen LogP contribution is 2.18. The zero-order chi connectivity index (χ0) is 19.9.